The number of rotatable bonds is 7. The van der Waals surface area contributed by atoms with E-state index in [0.717, 1.165) is 41.5 Å². The second-order valence-corrected chi connectivity index (χ2v) is 8.82. The fourth-order valence-electron chi connectivity index (χ4n) is 4.25. The van der Waals surface area contributed by atoms with Gasteiger partial charge in [-0.15, -0.1) is 0 Å². The smallest absolute Gasteiger partial charge is 0.354 e. The van der Waals surface area contributed by atoms with Crippen molar-refractivity contribution in [2.75, 3.05) is 19.8 Å². The van der Waals surface area contributed by atoms with Crippen LogP contribution in [-0.4, -0.2) is 47.8 Å². The number of nitrogens with zero attached hydrogens (tertiary/aromatic N) is 1. The van der Waals surface area contributed by atoms with Crippen LogP contribution in [0.1, 0.15) is 47.4 Å². The van der Waals surface area contributed by atoms with Crippen LogP contribution in [0.4, 0.5) is 4.39 Å². The lowest BCUT2D eigenvalue weighted by Gasteiger charge is -2.18. The van der Waals surface area contributed by atoms with E-state index >= 15 is 0 Å². The van der Waals surface area contributed by atoms with Gasteiger partial charge < -0.3 is 19.3 Å². The lowest BCUT2D eigenvalue weighted by atomic mass is 9.94. The van der Waals surface area contributed by atoms with Gasteiger partial charge in [-0.05, 0) is 79.5 Å². The van der Waals surface area contributed by atoms with Gasteiger partial charge in [0.15, 0.2) is 5.79 Å². The Morgan fingerprint density at radius 2 is 2.09 bits per heavy atom. The van der Waals surface area contributed by atoms with E-state index in [2.05, 4.69) is 11.1 Å². The van der Waals surface area contributed by atoms with Gasteiger partial charge in [0.1, 0.15) is 17.6 Å². The summed E-state index contributed by atoms with van der Waals surface area (Å²) in [5.74, 6) is -1.70. The van der Waals surface area contributed by atoms with Crippen LogP contribution in [0.25, 0.3) is 5.57 Å². The summed E-state index contributed by atoms with van der Waals surface area (Å²) in [6.45, 7) is 4.93. The molecule has 2 atom stereocenters. The molecule has 1 N–H and O–H groups in total. The molecular weight excluding hydrogens is 413 g/mol. The van der Waals surface area contributed by atoms with Gasteiger partial charge in [0.25, 0.3) is 0 Å². The van der Waals surface area contributed by atoms with Crippen LogP contribution in [-0.2, 0) is 27.1 Å². The van der Waals surface area contributed by atoms with Crippen molar-refractivity contribution in [1.82, 2.24) is 4.98 Å². The van der Waals surface area contributed by atoms with Gasteiger partial charge in [0, 0.05) is 6.20 Å². The van der Waals surface area contributed by atoms with Gasteiger partial charge in [0.2, 0.25) is 0 Å². The van der Waals surface area contributed by atoms with E-state index in [1.54, 1.807) is 24.4 Å². The molecule has 0 bridgehead atoms. The highest BCUT2D eigenvalue weighted by atomic mass is 19.1. The van der Waals surface area contributed by atoms with Crippen molar-refractivity contribution >= 4 is 11.5 Å². The van der Waals surface area contributed by atoms with Gasteiger partial charge in [-0.25, -0.2) is 14.2 Å². The monoisotopic (exact) mass is 441 g/mol. The number of hydrogen-bond donors (Lipinski definition) is 1. The Morgan fingerprint density at radius 3 is 2.78 bits per heavy atom. The van der Waals surface area contributed by atoms with Crippen molar-refractivity contribution in [2.45, 2.75) is 45.0 Å². The summed E-state index contributed by atoms with van der Waals surface area (Å²) in [7, 11) is 0. The summed E-state index contributed by atoms with van der Waals surface area (Å²) >= 11 is 0. The Bertz CT molecular complexity index is 1000. The number of benzene rings is 1. The topological polar surface area (TPSA) is 77.9 Å². The molecule has 7 heteroatoms. The molecule has 1 aliphatic heterocycles. The molecule has 6 nitrogen and oxygen atoms in total. The molecule has 2 aromatic rings. The number of carboxylic acids is 1. The lowest BCUT2D eigenvalue weighted by molar-refractivity contribution is -0.144. The standard InChI is InChI=1S/C25H28FNO5/c1-25(2)31-15-21(32-25)14-30-13-19-10-17(9-16-4-7-20(26)8-5-16)3-6-18-12-27-23(24(28)29)11-22(18)19/h4-5,7-8,10-12,17,21H,3,6,9,13-15H2,1-2H3,(H,28,29). The molecule has 32 heavy (non-hydrogen) atoms. The summed E-state index contributed by atoms with van der Waals surface area (Å²) in [4.78, 5) is 15.6. The fourth-order valence-corrected chi connectivity index (χ4v) is 4.25. The zero-order valence-electron chi connectivity index (χ0n) is 18.3. The molecule has 1 aromatic carbocycles. The van der Waals surface area contributed by atoms with Crippen LogP contribution >= 0.6 is 0 Å². The third-order valence-corrected chi connectivity index (χ3v) is 5.81. The molecule has 2 aliphatic rings. The number of carbonyl (C=O) groups is 1. The molecular formula is C25H28FNO5. The van der Waals surface area contributed by atoms with Gasteiger partial charge in [-0.3, -0.25) is 0 Å². The molecule has 4 rings (SSSR count). The van der Waals surface area contributed by atoms with E-state index in [4.69, 9.17) is 14.2 Å². The third kappa shape index (κ3) is 5.59. The molecule has 0 amide bonds. The van der Waals surface area contributed by atoms with Crippen molar-refractivity contribution in [3.05, 3.63) is 70.8 Å². The minimum absolute atomic E-state index is 0.0147. The van der Waals surface area contributed by atoms with Crippen LogP contribution < -0.4 is 0 Å². The van der Waals surface area contributed by atoms with Crippen LogP contribution in [0, 0.1) is 11.7 Å². The number of fused-ring (bicyclic) bond motifs is 1. The predicted molar refractivity (Wildman–Crippen MR) is 117 cm³/mol. The van der Waals surface area contributed by atoms with E-state index in [1.807, 2.05) is 13.8 Å². The first-order valence-electron chi connectivity index (χ1n) is 10.9. The quantitative estimate of drug-likeness (QED) is 0.691. The summed E-state index contributed by atoms with van der Waals surface area (Å²) in [5.41, 5.74) is 3.88. The van der Waals surface area contributed by atoms with E-state index < -0.39 is 11.8 Å². The van der Waals surface area contributed by atoms with E-state index in [-0.39, 0.29) is 23.5 Å². The third-order valence-electron chi connectivity index (χ3n) is 5.81. The SMILES string of the molecule is CC1(C)OCC(COCC2=CC(Cc3ccc(F)cc3)CCc3cnc(C(=O)O)cc32)O1. The number of aromatic carboxylic acids is 1. The molecule has 1 aliphatic carbocycles. The summed E-state index contributed by atoms with van der Waals surface area (Å²) in [6.07, 6.45) is 6.11. The summed E-state index contributed by atoms with van der Waals surface area (Å²) < 4.78 is 30.7. The molecule has 0 spiro atoms. The molecule has 2 unspecified atom stereocenters. The maximum Gasteiger partial charge on any atom is 0.354 e. The fraction of sp³-hybridized carbons (Fsp3) is 0.440. The second kappa shape index (κ2) is 9.48. The first-order valence-corrected chi connectivity index (χ1v) is 10.9. The number of halogens is 1. The highest BCUT2D eigenvalue weighted by Gasteiger charge is 2.32. The van der Waals surface area contributed by atoms with Gasteiger partial charge in [0.05, 0.1) is 19.8 Å². The maximum atomic E-state index is 13.3. The highest BCUT2D eigenvalue weighted by molar-refractivity contribution is 5.87. The molecule has 170 valence electrons. The minimum Gasteiger partial charge on any atom is -0.477 e. The van der Waals surface area contributed by atoms with Crippen molar-refractivity contribution < 1.29 is 28.5 Å². The number of pyridine rings is 1. The number of aryl methyl sites for hydroxylation is 1. The van der Waals surface area contributed by atoms with Crippen molar-refractivity contribution in [2.24, 2.45) is 5.92 Å². The molecule has 2 heterocycles. The van der Waals surface area contributed by atoms with Crippen molar-refractivity contribution in [3.63, 3.8) is 0 Å². The van der Waals surface area contributed by atoms with E-state index in [0.29, 0.717) is 19.8 Å². The Hall–Kier alpha value is -2.61. The lowest BCUT2D eigenvalue weighted by Crippen LogP contribution is -2.24. The van der Waals surface area contributed by atoms with Gasteiger partial charge >= 0.3 is 5.97 Å². The Balaban J connectivity index is 1.53. The number of ether oxygens (including phenoxy) is 3. The van der Waals surface area contributed by atoms with Crippen LogP contribution in [0.2, 0.25) is 0 Å². The first kappa shape index (κ1) is 22.6. The molecule has 0 radical (unpaired) electrons. The average Bonchev–Trinajstić information content (AvgIpc) is 3.01. The number of aromatic nitrogens is 1. The Kier molecular flexibility index (Phi) is 6.69. The van der Waals surface area contributed by atoms with Crippen LogP contribution in [0.5, 0.6) is 0 Å². The average molecular weight is 441 g/mol. The molecule has 1 fully saturated rings. The van der Waals surface area contributed by atoms with Crippen LogP contribution in [0.3, 0.4) is 0 Å². The van der Waals surface area contributed by atoms with Crippen molar-refractivity contribution in [1.29, 1.82) is 0 Å². The normalized spacial score (nSPS) is 22.2. The second-order valence-electron chi connectivity index (χ2n) is 8.82. The van der Waals surface area contributed by atoms with E-state index in [9.17, 15) is 14.3 Å². The predicted octanol–water partition coefficient (Wildman–Crippen LogP) is 4.28. The largest absolute Gasteiger partial charge is 0.477 e. The van der Waals surface area contributed by atoms with Gasteiger partial charge in [-0.1, -0.05) is 18.2 Å². The number of hydrogen-bond acceptors (Lipinski definition) is 5. The summed E-state index contributed by atoms with van der Waals surface area (Å²) in [5, 5.41) is 9.41. The minimum atomic E-state index is -1.06. The zero-order chi connectivity index (χ0) is 22.7. The Labute approximate surface area is 187 Å². The Morgan fingerprint density at radius 1 is 1.31 bits per heavy atom. The first-order chi connectivity index (χ1) is 15.3. The zero-order valence-corrected chi connectivity index (χ0v) is 18.3. The number of carboxylic acid groups (broad SMARTS) is 1. The number of allylic oxidation sites excluding steroid dienone is 1. The highest BCUT2D eigenvalue weighted by Crippen LogP contribution is 2.31. The van der Waals surface area contributed by atoms with Gasteiger partial charge in [-0.2, -0.15) is 0 Å². The van der Waals surface area contributed by atoms with Crippen LogP contribution in [0.15, 0.2) is 42.6 Å². The molecule has 1 saturated heterocycles. The van der Waals surface area contributed by atoms with Crippen molar-refractivity contribution in [3.8, 4) is 0 Å². The maximum absolute atomic E-state index is 13.3. The molecule has 0 saturated carbocycles. The van der Waals surface area contributed by atoms with E-state index in [1.165, 1.54) is 12.1 Å². The molecule has 1 aromatic heterocycles. The summed E-state index contributed by atoms with van der Waals surface area (Å²) in [6, 6.07) is 8.19.